The molecule has 0 aliphatic carbocycles. The Balaban J connectivity index is 1.42. The summed E-state index contributed by atoms with van der Waals surface area (Å²) < 4.78 is 1.91. The fourth-order valence-electron chi connectivity index (χ4n) is 4.65. The molecule has 33 heavy (non-hydrogen) atoms. The number of halogens is 1. The second-order valence-corrected chi connectivity index (χ2v) is 9.14. The molecule has 0 saturated carbocycles. The molecule has 2 aromatic heterocycles. The lowest BCUT2D eigenvalue weighted by atomic mass is 10.0. The Morgan fingerprint density at radius 3 is 2.64 bits per heavy atom. The Kier molecular flexibility index (Phi) is 6.16. The van der Waals surface area contributed by atoms with Crippen LogP contribution in [0, 0.1) is 0 Å². The Morgan fingerprint density at radius 1 is 1.03 bits per heavy atom. The predicted octanol–water partition coefficient (Wildman–Crippen LogP) is 5.42. The Hall–Kier alpha value is -3.15. The van der Waals surface area contributed by atoms with Crippen LogP contribution in [0.15, 0.2) is 67.0 Å². The zero-order valence-corrected chi connectivity index (χ0v) is 19.5. The van der Waals surface area contributed by atoms with Crippen molar-refractivity contribution in [2.45, 2.75) is 25.9 Å². The standard InChI is InChI=1S/C27H27ClN4O/c1-31-25(27(33)30-15-19-6-5-9-22(28)13-19)14-23-24(16-29-17-26(23)31)21-8-4-7-20(12-21)18-32-10-2-3-11-32/h4-9,12-14,16-17H,2-3,10-11,15,18H2,1H3,(H,30,33). The molecule has 1 aliphatic heterocycles. The summed E-state index contributed by atoms with van der Waals surface area (Å²) in [6, 6.07) is 18.2. The van der Waals surface area contributed by atoms with Gasteiger partial charge in [0.15, 0.2) is 0 Å². The van der Waals surface area contributed by atoms with Gasteiger partial charge in [0.05, 0.1) is 11.7 Å². The molecule has 1 saturated heterocycles. The summed E-state index contributed by atoms with van der Waals surface area (Å²) >= 11 is 6.06. The average molecular weight is 459 g/mol. The van der Waals surface area contributed by atoms with Crippen LogP contribution in [0.5, 0.6) is 0 Å². The molecule has 0 bridgehead atoms. The molecule has 1 N–H and O–H groups in total. The van der Waals surface area contributed by atoms with Crippen molar-refractivity contribution in [1.29, 1.82) is 0 Å². The number of fused-ring (bicyclic) bond motifs is 1. The molecule has 3 heterocycles. The molecule has 5 rings (SSSR count). The number of hydrogen-bond donors (Lipinski definition) is 1. The van der Waals surface area contributed by atoms with Gasteiger partial charge in [0, 0.05) is 42.3 Å². The zero-order chi connectivity index (χ0) is 22.8. The number of carbonyl (C=O) groups excluding carboxylic acids is 1. The minimum atomic E-state index is -0.123. The largest absolute Gasteiger partial charge is 0.347 e. The predicted molar refractivity (Wildman–Crippen MR) is 133 cm³/mol. The summed E-state index contributed by atoms with van der Waals surface area (Å²) in [5.74, 6) is -0.123. The smallest absolute Gasteiger partial charge is 0.268 e. The van der Waals surface area contributed by atoms with Gasteiger partial charge in [-0.25, -0.2) is 0 Å². The monoisotopic (exact) mass is 458 g/mol. The Bertz CT molecular complexity index is 1310. The highest BCUT2D eigenvalue weighted by molar-refractivity contribution is 6.30. The lowest BCUT2D eigenvalue weighted by Crippen LogP contribution is -2.24. The first-order chi connectivity index (χ1) is 16.1. The lowest BCUT2D eigenvalue weighted by molar-refractivity contribution is 0.0943. The molecule has 168 valence electrons. The summed E-state index contributed by atoms with van der Waals surface area (Å²) in [6.07, 6.45) is 6.29. The van der Waals surface area contributed by atoms with Gasteiger partial charge in [-0.05, 0) is 66.9 Å². The third kappa shape index (κ3) is 4.65. The molecule has 0 unspecified atom stereocenters. The molecule has 4 aromatic rings. The fraction of sp³-hybridized carbons (Fsp3) is 0.259. The van der Waals surface area contributed by atoms with Gasteiger partial charge in [-0.1, -0.05) is 41.9 Å². The van der Waals surface area contributed by atoms with E-state index in [1.54, 1.807) is 0 Å². The molecule has 5 nitrogen and oxygen atoms in total. The van der Waals surface area contributed by atoms with Gasteiger partial charge >= 0.3 is 0 Å². The third-order valence-electron chi connectivity index (χ3n) is 6.39. The number of nitrogens with one attached hydrogen (secondary N) is 1. The highest BCUT2D eigenvalue weighted by Crippen LogP contribution is 2.31. The first-order valence-corrected chi connectivity index (χ1v) is 11.7. The molecule has 0 atom stereocenters. The number of nitrogens with zero attached hydrogens (tertiary/aromatic N) is 3. The van der Waals surface area contributed by atoms with E-state index in [-0.39, 0.29) is 5.91 Å². The molecule has 1 fully saturated rings. The number of likely N-dealkylation sites (tertiary alicyclic amines) is 1. The van der Waals surface area contributed by atoms with E-state index in [0.717, 1.165) is 34.1 Å². The molecule has 1 amide bonds. The van der Waals surface area contributed by atoms with Crippen LogP contribution in [0.4, 0.5) is 0 Å². The van der Waals surface area contributed by atoms with Gasteiger partial charge in [-0.3, -0.25) is 14.7 Å². The van der Waals surface area contributed by atoms with E-state index < -0.39 is 0 Å². The number of amides is 1. The van der Waals surface area contributed by atoms with E-state index >= 15 is 0 Å². The number of benzene rings is 2. The normalized spacial score (nSPS) is 14.1. The summed E-state index contributed by atoms with van der Waals surface area (Å²) in [4.78, 5) is 20.0. The van der Waals surface area contributed by atoms with E-state index in [0.29, 0.717) is 17.3 Å². The molecule has 6 heteroatoms. The molecule has 1 aliphatic rings. The van der Waals surface area contributed by atoms with E-state index in [2.05, 4.69) is 39.5 Å². The Labute approximate surface area is 199 Å². The van der Waals surface area contributed by atoms with Crippen LogP contribution in [0.2, 0.25) is 5.02 Å². The van der Waals surface area contributed by atoms with Gasteiger partial charge in [-0.15, -0.1) is 0 Å². The second-order valence-electron chi connectivity index (χ2n) is 8.70. The highest BCUT2D eigenvalue weighted by Gasteiger charge is 2.17. The summed E-state index contributed by atoms with van der Waals surface area (Å²) in [5, 5.41) is 4.70. The van der Waals surface area contributed by atoms with Crippen LogP contribution in [0.3, 0.4) is 0 Å². The topological polar surface area (TPSA) is 50.2 Å². The van der Waals surface area contributed by atoms with Crippen molar-refractivity contribution in [2.24, 2.45) is 7.05 Å². The van der Waals surface area contributed by atoms with Gasteiger partial charge in [0.25, 0.3) is 5.91 Å². The van der Waals surface area contributed by atoms with Crippen molar-refractivity contribution in [2.75, 3.05) is 13.1 Å². The quantitative estimate of drug-likeness (QED) is 0.419. The number of carbonyl (C=O) groups is 1. The van der Waals surface area contributed by atoms with Crippen LogP contribution in [0.1, 0.15) is 34.5 Å². The maximum absolute atomic E-state index is 13.0. The first-order valence-electron chi connectivity index (χ1n) is 11.4. The molecule has 0 spiro atoms. The maximum Gasteiger partial charge on any atom is 0.268 e. The van der Waals surface area contributed by atoms with Crippen molar-refractivity contribution in [3.05, 3.63) is 88.8 Å². The summed E-state index contributed by atoms with van der Waals surface area (Å²) in [6.45, 7) is 3.75. The van der Waals surface area contributed by atoms with E-state index in [1.807, 2.05) is 54.3 Å². The Morgan fingerprint density at radius 2 is 1.82 bits per heavy atom. The number of hydrogen-bond acceptors (Lipinski definition) is 3. The number of rotatable bonds is 6. The third-order valence-corrected chi connectivity index (χ3v) is 6.62. The average Bonchev–Trinajstić information content (AvgIpc) is 3.45. The van der Waals surface area contributed by atoms with Crippen molar-refractivity contribution in [1.82, 2.24) is 19.8 Å². The zero-order valence-electron chi connectivity index (χ0n) is 18.7. The van der Waals surface area contributed by atoms with Crippen molar-refractivity contribution >= 4 is 28.4 Å². The lowest BCUT2D eigenvalue weighted by Gasteiger charge is -2.15. The van der Waals surface area contributed by atoms with Crippen LogP contribution < -0.4 is 5.32 Å². The number of aryl methyl sites for hydroxylation is 1. The van der Waals surface area contributed by atoms with Crippen LogP contribution in [-0.4, -0.2) is 33.4 Å². The van der Waals surface area contributed by atoms with Gasteiger partial charge in [-0.2, -0.15) is 0 Å². The van der Waals surface area contributed by atoms with Crippen LogP contribution >= 0.6 is 11.6 Å². The van der Waals surface area contributed by atoms with Gasteiger partial charge in [0.2, 0.25) is 0 Å². The van der Waals surface area contributed by atoms with E-state index in [4.69, 9.17) is 11.6 Å². The minimum absolute atomic E-state index is 0.123. The molecule has 2 aromatic carbocycles. The van der Waals surface area contributed by atoms with Gasteiger partial charge in [0.1, 0.15) is 5.69 Å². The van der Waals surface area contributed by atoms with Crippen LogP contribution in [-0.2, 0) is 20.1 Å². The maximum atomic E-state index is 13.0. The second kappa shape index (κ2) is 9.38. The van der Waals surface area contributed by atoms with E-state index in [1.165, 1.54) is 31.5 Å². The van der Waals surface area contributed by atoms with Gasteiger partial charge < -0.3 is 9.88 Å². The summed E-state index contributed by atoms with van der Waals surface area (Å²) in [5.41, 5.74) is 5.98. The van der Waals surface area contributed by atoms with E-state index in [9.17, 15) is 4.79 Å². The molecular weight excluding hydrogens is 432 g/mol. The number of aromatic nitrogens is 2. The molecule has 0 radical (unpaired) electrons. The minimum Gasteiger partial charge on any atom is -0.347 e. The first kappa shape index (κ1) is 21.7. The summed E-state index contributed by atoms with van der Waals surface area (Å²) in [7, 11) is 1.91. The van der Waals surface area contributed by atoms with Crippen molar-refractivity contribution in [3.63, 3.8) is 0 Å². The van der Waals surface area contributed by atoms with Crippen LogP contribution in [0.25, 0.3) is 22.0 Å². The van der Waals surface area contributed by atoms with Crippen molar-refractivity contribution in [3.8, 4) is 11.1 Å². The highest BCUT2D eigenvalue weighted by atomic mass is 35.5. The SMILES string of the molecule is Cn1c(C(=O)NCc2cccc(Cl)c2)cc2c(-c3cccc(CN4CCCC4)c3)cncc21. The fourth-order valence-corrected chi connectivity index (χ4v) is 4.86. The number of pyridine rings is 1. The molecular formula is C27H27ClN4O. The van der Waals surface area contributed by atoms with Crippen molar-refractivity contribution < 1.29 is 4.79 Å².